The van der Waals surface area contributed by atoms with E-state index in [4.69, 9.17) is 27.3 Å². The molecule has 0 amide bonds. The van der Waals surface area contributed by atoms with Crippen LogP contribution in [0.2, 0.25) is 5.82 Å². The highest BCUT2D eigenvalue weighted by atomic mass is 32.5. The van der Waals surface area contributed by atoms with E-state index in [1.54, 1.807) is 0 Å². The van der Waals surface area contributed by atoms with Crippen molar-refractivity contribution in [3.05, 3.63) is 0 Å². The van der Waals surface area contributed by atoms with Crippen molar-refractivity contribution in [2.45, 2.75) is 18.7 Å². The summed E-state index contributed by atoms with van der Waals surface area (Å²) < 4.78 is 4.76. The van der Waals surface area contributed by atoms with Gasteiger partial charge in [0.05, 0.1) is 14.5 Å². The van der Waals surface area contributed by atoms with Gasteiger partial charge in [-0.2, -0.15) is 0 Å². The molecule has 1 saturated carbocycles. The molecule has 0 aromatic carbocycles. The molecule has 14 heavy (non-hydrogen) atoms. The Bertz CT molecular complexity index is 234. The van der Waals surface area contributed by atoms with Gasteiger partial charge in [-0.1, -0.05) is 18.7 Å². The zero-order valence-electron chi connectivity index (χ0n) is 7.74. The van der Waals surface area contributed by atoms with Crippen LogP contribution in [-0.2, 0) is 16.3 Å². The summed E-state index contributed by atoms with van der Waals surface area (Å²) in [6.07, 6.45) is 1.49. The molecule has 7 heteroatoms. The van der Waals surface area contributed by atoms with Gasteiger partial charge in [-0.25, -0.2) is 0 Å². The summed E-state index contributed by atoms with van der Waals surface area (Å²) in [7, 11) is 5.72. The Morgan fingerprint density at radius 2 is 1.93 bits per heavy atom. The van der Waals surface area contributed by atoms with Gasteiger partial charge in [0.15, 0.2) is 0 Å². The lowest BCUT2D eigenvalue weighted by Gasteiger charge is -2.18. The van der Waals surface area contributed by atoms with Gasteiger partial charge in [0.1, 0.15) is 0 Å². The second-order valence-electron chi connectivity index (χ2n) is 3.72. The van der Waals surface area contributed by atoms with Gasteiger partial charge < -0.3 is 19.4 Å². The molecule has 0 bridgehead atoms. The molecule has 2 radical (unpaired) electrons. The first-order valence-corrected chi connectivity index (χ1v) is 7.11. The predicted molar refractivity (Wildman–Crippen MR) is 57.5 cm³/mol. The summed E-state index contributed by atoms with van der Waals surface area (Å²) in [4.78, 5) is 17.7. The van der Waals surface area contributed by atoms with Crippen molar-refractivity contribution >= 4 is 26.4 Å². The van der Waals surface area contributed by atoms with Gasteiger partial charge in [0, 0.05) is 6.61 Å². The highest BCUT2D eigenvalue weighted by molar-refractivity contribution is 8.06. The minimum absolute atomic E-state index is 0.0570. The van der Waals surface area contributed by atoms with Crippen LogP contribution < -0.4 is 0 Å². The number of hydrogen-bond donors (Lipinski definition) is 3. The van der Waals surface area contributed by atoms with E-state index >= 15 is 0 Å². The maximum Gasteiger partial charge on any atom is 0.321 e. The Balaban J connectivity index is 2.40. The summed E-state index contributed by atoms with van der Waals surface area (Å²) in [5.41, 5.74) is 0. The van der Waals surface area contributed by atoms with Gasteiger partial charge in [-0.15, -0.1) is 0 Å². The molecule has 0 heterocycles. The van der Waals surface area contributed by atoms with E-state index < -0.39 is 6.72 Å². The molecule has 3 atom stereocenters. The van der Waals surface area contributed by atoms with Crippen LogP contribution in [0.25, 0.3) is 0 Å². The van der Waals surface area contributed by atoms with E-state index in [0.29, 0.717) is 0 Å². The Morgan fingerprint density at radius 3 is 2.43 bits per heavy atom. The second-order valence-corrected chi connectivity index (χ2v) is 6.39. The van der Waals surface area contributed by atoms with Crippen molar-refractivity contribution in [1.29, 1.82) is 0 Å². The van der Waals surface area contributed by atoms with Crippen LogP contribution in [0.4, 0.5) is 0 Å². The first-order chi connectivity index (χ1) is 6.42. The molecule has 4 nitrogen and oxygen atoms in total. The maximum absolute atomic E-state index is 9.03. The van der Waals surface area contributed by atoms with Crippen molar-refractivity contribution in [1.82, 2.24) is 0 Å². The number of aliphatic hydroxyl groups excluding tert-OH is 1. The molecule has 1 fully saturated rings. The maximum atomic E-state index is 9.03. The van der Waals surface area contributed by atoms with E-state index in [0.717, 1.165) is 12.8 Å². The quantitative estimate of drug-likeness (QED) is 0.480. The van der Waals surface area contributed by atoms with Crippen molar-refractivity contribution in [3.63, 3.8) is 0 Å². The number of hydrogen-bond acceptors (Lipinski definition) is 3. The molecule has 1 aliphatic rings. The molecule has 0 aromatic heterocycles. The molecule has 1 rings (SSSR count). The van der Waals surface area contributed by atoms with Crippen LogP contribution in [0.3, 0.4) is 0 Å². The van der Waals surface area contributed by atoms with E-state index in [1.165, 1.54) is 0 Å². The summed E-state index contributed by atoms with van der Waals surface area (Å²) in [5.74, 6) is 0.235. The lowest BCUT2D eigenvalue weighted by Crippen LogP contribution is -2.17. The molecule has 0 aliphatic heterocycles. The third-order valence-electron chi connectivity index (χ3n) is 2.57. The Labute approximate surface area is 90.0 Å². The van der Waals surface area contributed by atoms with Crippen LogP contribution in [0.1, 0.15) is 12.8 Å². The van der Waals surface area contributed by atoms with Gasteiger partial charge >= 0.3 is 6.72 Å². The molecule has 0 saturated heterocycles. The van der Waals surface area contributed by atoms with Crippen LogP contribution in [-0.4, -0.2) is 36.0 Å². The second kappa shape index (κ2) is 5.06. The van der Waals surface area contributed by atoms with Crippen LogP contribution >= 0.6 is 6.72 Å². The molecule has 3 N–H and O–H groups in total. The van der Waals surface area contributed by atoms with E-state index in [9.17, 15) is 0 Å². The standard InChI is InChI=1S/C7H14BO4PS/c8-7-1-5(3-9)6(2-7)4-12-13(10,11)14/h5-7,9H,1-4H2,(H2,10,11,14)/t5-,6+,7-/m0/s1. The Hall–Kier alpha value is 0.555. The predicted octanol–water partition coefficient (Wildman–Crippen LogP) is 0.188. The highest BCUT2D eigenvalue weighted by Gasteiger charge is 2.32. The third-order valence-corrected chi connectivity index (χ3v) is 3.37. The van der Waals surface area contributed by atoms with Crippen molar-refractivity contribution < 1.29 is 19.4 Å². The van der Waals surface area contributed by atoms with E-state index in [2.05, 4.69) is 11.8 Å². The minimum atomic E-state index is -3.56. The lowest BCUT2D eigenvalue weighted by atomic mass is 9.85. The average Bonchev–Trinajstić information content (AvgIpc) is 2.41. The molecule has 0 unspecified atom stereocenters. The van der Waals surface area contributed by atoms with Crippen LogP contribution in [0, 0.1) is 11.8 Å². The first kappa shape index (κ1) is 12.6. The van der Waals surface area contributed by atoms with Crippen molar-refractivity contribution in [2.24, 2.45) is 11.8 Å². The molecule has 0 aromatic rings. The fourth-order valence-corrected chi connectivity index (χ4v) is 2.45. The monoisotopic (exact) mass is 236 g/mol. The zero-order valence-corrected chi connectivity index (χ0v) is 9.45. The zero-order chi connectivity index (χ0) is 10.8. The fraction of sp³-hybridized carbons (Fsp3) is 1.00. The molecule has 0 spiro atoms. The normalized spacial score (nSPS) is 33.5. The fourth-order valence-electron chi connectivity index (χ4n) is 1.88. The first-order valence-electron chi connectivity index (χ1n) is 4.49. The lowest BCUT2D eigenvalue weighted by molar-refractivity contribution is 0.140. The largest absolute Gasteiger partial charge is 0.396 e. The SMILES string of the molecule is [B][C@H]1C[C@@H](CO)[C@@H](COP(O)(O)=S)C1. The summed E-state index contributed by atoms with van der Waals surface area (Å²) in [6, 6.07) is 0. The molecular weight excluding hydrogens is 222 g/mol. The van der Waals surface area contributed by atoms with Crippen LogP contribution in [0.5, 0.6) is 0 Å². The van der Waals surface area contributed by atoms with Gasteiger partial charge in [-0.3, -0.25) is 0 Å². The highest BCUT2D eigenvalue weighted by Crippen LogP contribution is 2.43. The summed E-state index contributed by atoms with van der Waals surface area (Å²) >= 11 is 4.33. The number of aliphatic hydroxyl groups is 1. The van der Waals surface area contributed by atoms with Crippen molar-refractivity contribution in [3.8, 4) is 0 Å². The van der Waals surface area contributed by atoms with Crippen molar-refractivity contribution in [2.75, 3.05) is 13.2 Å². The smallest absolute Gasteiger partial charge is 0.321 e. The van der Waals surface area contributed by atoms with E-state index in [-0.39, 0.29) is 30.9 Å². The number of rotatable bonds is 4. The van der Waals surface area contributed by atoms with Crippen LogP contribution in [0.15, 0.2) is 0 Å². The summed E-state index contributed by atoms with van der Waals surface area (Å²) in [5, 5.41) is 9.03. The van der Waals surface area contributed by atoms with Gasteiger partial charge in [-0.05, 0) is 23.6 Å². The topological polar surface area (TPSA) is 69.9 Å². The Morgan fingerprint density at radius 1 is 1.36 bits per heavy atom. The van der Waals surface area contributed by atoms with Gasteiger partial charge in [0.25, 0.3) is 0 Å². The Kier molecular flexibility index (Phi) is 4.56. The third kappa shape index (κ3) is 3.97. The molecule has 1 aliphatic carbocycles. The summed E-state index contributed by atoms with van der Waals surface area (Å²) in [6.45, 7) is -3.34. The molecule has 80 valence electrons. The van der Waals surface area contributed by atoms with E-state index in [1.807, 2.05) is 0 Å². The molecular formula is C7H14BO4PS. The minimum Gasteiger partial charge on any atom is -0.396 e. The average molecular weight is 236 g/mol. The van der Waals surface area contributed by atoms with Gasteiger partial charge in [0.2, 0.25) is 0 Å².